The number of thioether (sulfide) groups is 1. The highest BCUT2D eigenvalue weighted by atomic mass is 32.2. The topological polar surface area (TPSA) is 51.0 Å². The second-order valence-corrected chi connectivity index (χ2v) is 6.49. The van der Waals surface area contributed by atoms with Crippen LogP contribution < -0.4 is 5.32 Å². The first kappa shape index (κ1) is 14.6. The van der Waals surface area contributed by atoms with Crippen molar-refractivity contribution in [3.63, 3.8) is 0 Å². The average molecular weight is 303 g/mol. The fourth-order valence-corrected chi connectivity index (χ4v) is 3.68. The monoisotopic (exact) mass is 303 g/mol. The Morgan fingerprint density at radius 1 is 1.24 bits per heavy atom. The summed E-state index contributed by atoms with van der Waals surface area (Å²) in [6, 6.07) is 10.8. The lowest BCUT2D eigenvalue weighted by Gasteiger charge is -2.28. The Morgan fingerprint density at radius 2 is 2.05 bits per heavy atom. The van der Waals surface area contributed by atoms with Crippen LogP contribution in [-0.2, 0) is 5.75 Å². The molecule has 0 saturated heterocycles. The van der Waals surface area contributed by atoms with E-state index in [9.17, 15) is 0 Å². The van der Waals surface area contributed by atoms with Gasteiger partial charge in [-0.25, -0.2) is 0 Å². The predicted molar refractivity (Wildman–Crippen MR) is 84.4 cm³/mol. The normalized spacial score (nSPS) is 22.3. The zero-order chi connectivity index (χ0) is 14.5. The van der Waals surface area contributed by atoms with E-state index in [-0.39, 0.29) is 0 Å². The molecule has 0 amide bonds. The molecule has 2 aromatic rings. The van der Waals surface area contributed by atoms with E-state index >= 15 is 0 Å². The van der Waals surface area contributed by atoms with E-state index in [4.69, 9.17) is 4.52 Å². The fraction of sp³-hybridized carbons (Fsp3) is 0.500. The molecule has 1 heterocycles. The van der Waals surface area contributed by atoms with E-state index in [0.717, 1.165) is 23.9 Å². The zero-order valence-electron chi connectivity index (χ0n) is 12.3. The van der Waals surface area contributed by atoms with Gasteiger partial charge >= 0.3 is 0 Å². The lowest BCUT2D eigenvalue weighted by molar-refractivity contribution is 0.270. The number of aromatic nitrogens is 2. The van der Waals surface area contributed by atoms with Crippen LogP contribution in [0.1, 0.15) is 43.3 Å². The van der Waals surface area contributed by atoms with Gasteiger partial charge in [0.25, 0.3) is 0 Å². The van der Waals surface area contributed by atoms with Gasteiger partial charge in [-0.3, -0.25) is 0 Å². The SMILES string of the molecule is CNC1CCCCC1c1nc(CSc2ccccc2)no1. The maximum atomic E-state index is 5.51. The highest BCUT2D eigenvalue weighted by Gasteiger charge is 2.29. The summed E-state index contributed by atoms with van der Waals surface area (Å²) in [5.41, 5.74) is 0. The van der Waals surface area contributed by atoms with Crippen LogP contribution in [-0.4, -0.2) is 23.2 Å². The van der Waals surface area contributed by atoms with Gasteiger partial charge in [0.1, 0.15) is 0 Å². The van der Waals surface area contributed by atoms with Crippen molar-refractivity contribution < 1.29 is 4.52 Å². The first-order chi connectivity index (χ1) is 10.4. The third kappa shape index (κ3) is 3.66. The van der Waals surface area contributed by atoms with E-state index in [1.165, 1.54) is 24.2 Å². The Hall–Kier alpha value is -1.33. The maximum absolute atomic E-state index is 5.51. The highest BCUT2D eigenvalue weighted by Crippen LogP contribution is 2.32. The van der Waals surface area contributed by atoms with E-state index in [1.807, 2.05) is 25.2 Å². The molecular weight excluding hydrogens is 282 g/mol. The summed E-state index contributed by atoms with van der Waals surface area (Å²) in [4.78, 5) is 5.84. The van der Waals surface area contributed by atoms with Crippen molar-refractivity contribution in [2.45, 2.75) is 48.3 Å². The molecule has 2 atom stereocenters. The van der Waals surface area contributed by atoms with E-state index in [0.29, 0.717) is 12.0 Å². The number of benzene rings is 1. The molecule has 2 unspecified atom stereocenters. The van der Waals surface area contributed by atoms with Gasteiger partial charge in [-0.05, 0) is 32.0 Å². The number of hydrogen-bond acceptors (Lipinski definition) is 5. The van der Waals surface area contributed by atoms with Crippen molar-refractivity contribution in [3.8, 4) is 0 Å². The second-order valence-electron chi connectivity index (χ2n) is 5.44. The Labute approximate surface area is 129 Å². The molecule has 1 aromatic carbocycles. The number of rotatable bonds is 5. The molecule has 1 saturated carbocycles. The lowest BCUT2D eigenvalue weighted by Crippen LogP contribution is -2.34. The molecule has 0 spiro atoms. The van der Waals surface area contributed by atoms with Gasteiger partial charge in [-0.2, -0.15) is 4.98 Å². The minimum atomic E-state index is 0.367. The van der Waals surface area contributed by atoms with Crippen molar-refractivity contribution in [2.75, 3.05) is 7.05 Å². The molecule has 1 N–H and O–H groups in total. The number of likely N-dealkylation sites (N-methyl/N-ethyl adjacent to an activating group) is 1. The molecule has 1 aliphatic carbocycles. The van der Waals surface area contributed by atoms with E-state index in [2.05, 4.69) is 27.6 Å². The minimum absolute atomic E-state index is 0.367. The number of nitrogens with one attached hydrogen (secondary N) is 1. The van der Waals surface area contributed by atoms with Gasteiger partial charge < -0.3 is 9.84 Å². The molecule has 112 valence electrons. The largest absolute Gasteiger partial charge is 0.339 e. The zero-order valence-corrected chi connectivity index (χ0v) is 13.1. The minimum Gasteiger partial charge on any atom is -0.339 e. The summed E-state index contributed by atoms with van der Waals surface area (Å²) >= 11 is 1.74. The molecule has 21 heavy (non-hydrogen) atoms. The molecule has 4 nitrogen and oxygen atoms in total. The molecule has 0 aliphatic heterocycles. The Kier molecular flexibility index (Phi) is 4.93. The molecule has 3 rings (SSSR count). The van der Waals surface area contributed by atoms with Crippen molar-refractivity contribution in [3.05, 3.63) is 42.0 Å². The lowest BCUT2D eigenvalue weighted by atomic mass is 9.84. The molecule has 1 aliphatic rings. The van der Waals surface area contributed by atoms with Crippen LogP contribution in [0.15, 0.2) is 39.8 Å². The van der Waals surface area contributed by atoms with Gasteiger partial charge in [-0.1, -0.05) is 36.2 Å². The fourth-order valence-electron chi connectivity index (χ4n) is 2.91. The third-order valence-corrected chi connectivity index (χ3v) is 5.06. The first-order valence-corrected chi connectivity index (χ1v) is 8.53. The van der Waals surface area contributed by atoms with Crippen LogP contribution in [0, 0.1) is 0 Å². The number of hydrogen-bond donors (Lipinski definition) is 1. The first-order valence-electron chi connectivity index (χ1n) is 7.54. The van der Waals surface area contributed by atoms with E-state index < -0.39 is 0 Å². The Bertz CT molecular complexity index is 558. The van der Waals surface area contributed by atoms with Gasteiger partial charge in [-0.15, -0.1) is 11.8 Å². The van der Waals surface area contributed by atoms with Crippen LogP contribution >= 0.6 is 11.8 Å². The van der Waals surface area contributed by atoms with Gasteiger partial charge in [0.05, 0.1) is 11.7 Å². The highest BCUT2D eigenvalue weighted by molar-refractivity contribution is 7.98. The predicted octanol–water partition coefficient (Wildman–Crippen LogP) is 3.61. The van der Waals surface area contributed by atoms with Crippen LogP contribution in [0.5, 0.6) is 0 Å². The summed E-state index contributed by atoms with van der Waals surface area (Å²) in [6.07, 6.45) is 4.86. The van der Waals surface area contributed by atoms with Crippen molar-refractivity contribution >= 4 is 11.8 Å². The molecular formula is C16H21N3OS. The summed E-state index contributed by atoms with van der Waals surface area (Å²) in [7, 11) is 2.02. The quantitative estimate of drug-likeness (QED) is 0.855. The molecule has 5 heteroatoms. The molecule has 0 radical (unpaired) electrons. The van der Waals surface area contributed by atoms with Gasteiger partial charge in [0.2, 0.25) is 5.89 Å². The molecule has 1 fully saturated rings. The van der Waals surface area contributed by atoms with Gasteiger partial charge in [0.15, 0.2) is 5.82 Å². The van der Waals surface area contributed by atoms with Crippen LogP contribution in [0.25, 0.3) is 0 Å². The van der Waals surface area contributed by atoms with Crippen LogP contribution in [0.3, 0.4) is 0 Å². The average Bonchev–Trinajstić information content (AvgIpc) is 3.02. The number of nitrogens with zero attached hydrogens (tertiary/aromatic N) is 2. The Balaban J connectivity index is 1.63. The summed E-state index contributed by atoms with van der Waals surface area (Å²) in [6.45, 7) is 0. The van der Waals surface area contributed by atoms with Crippen molar-refractivity contribution in [2.24, 2.45) is 0 Å². The standard InChI is InChI=1S/C16H21N3OS/c1-17-14-10-6-5-9-13(14)16-18-15(19-20-16)11-21-12-7-3-2-4-8-12/h2-4,7-8,13-14,17H,5-6,9-11H2,1H3. The van der Waals surface area contributed by atoms with Crippen molar-refractivity contribution in [1.82, 2.24) is 15.5 Å². The maximum Gasteiger partial charge on any atom is 0.231 e. The summed E-state index contributed by atoms with van der Waals surface area (Å²) < 4.78 is 5.51. The van der Waals surface area contributed by atoms with Crippen molar-refractivity contribution in [1.29, 1.82) is 0 Å². The smallest absolute Gasteiger partial charge is 0.231 e. The van der Waals surface area contributed by atoms with Crippen LogP contribution in [0.4, 0.5) is 0 Å². The Morgan fingerprint density at radius 3 is 2.86 bits per heavy atom. The molecule has 1 aromatic heterocycles. The third-order valence-electron chi connectivity index (χ3n) is 4.05. The van der Waals surface area contributed by atoms with Crippen LogP contribution in [0.2, 0.25) is 0 Å². The molecule has 0 bridgehead atoms. The second kappa shape index (κ2) is 7.09. The van der Waals surface area contributed by atoms with E-state index in [1.54, 1.807) is 11.8 Å². The summed E-state index contributed by atoms with van der Waals surface area (Å²) in [5, 5.41) is 7.53. The summed E-state index contributed by atoms with van der Waals surface area (Å²) in [5.74, 6) is 2.72. The van der Waals surface area contributed by atoms with Gasteiger partial charge in [0, 0.05) is 10.9 Å².